The number of ketones is 1. The Morgan fingerprint density at radius 3 is 2.39 bits per heavy atom. The van der Waals surface area contributed by atoms with E-state index in [9.17, 15) is 20.1 Å². The van der Waals surface area contributed by atoms with E-state index in [2.05, 4.69) is 0 Å². The van der Waals surface area contributed by atoms with Crippen molar-refractivity contribution in [2.75, 3.05) is 7.11 Å². The summed E-state index contributed by atoms with van der Waals surface area (Å²) in [6.07, 6.45) is 2.72. The summed E-state index contributed by atoms with van der Waals surface area (Å²) in [6, 6.07) is 8.86. The normalized spacial score (nSPS) is 10.4. The van der Waals surface area contributed by atoms with E-state index in [-0.39, 0.29) is 5.56 Å². The molecular weight excluding hydrogens is 298 g/mol. The molecule has 2 rings (SSSR count). The number of hydrogen-bond acceptors (Lipinski definition) is 6. The zero-order valence-corrected chi connectivity index (χ0v) is 12.1. The van der Waals surface area contributed by atoms with Gasteiger partial charge in [-0.05, 0) is 42.5 Å². The van der Waals surface area contributed by atoms with Gasteiger partial charge in [0.05, 0.1) is 18.7 Å². The first kappa shape index (κ1) is 15.9. The third-order valence-corrected chi connectivity index (χ3v) is 3.13. The summed E-state index contributed by atoms with van der Waals surface area (Å²) in [6.45, 7) is 0. The summed E-state index contributed by atoms with van der Waals surface area (Å²) in [4.78, 5) is 12.1. The second-order valence-corrected chi connectivity index (χ2v) is 4.63. The number of benzene rings is 2. The van der Waals surface area contributed by atoms with Gasteiger partial charge in [-0.3, -0.25) is 4.79 Å². The Bertz CT molecular complexity index is 810. The van der Waals surface area contributed by atoms with Crippen molar-refractivity contribution in [3.8, 4) is 29.1 Å². The zero-order valence-electron chi connectivity index (χ0n) is 12.1. The van der Waals surface area contributed by atoms with Crippen LogP contribution in [0, 0.1) is 11.3 Å². The van der Waals surface area contributed by atoms with E-state index in [4.69, 9.17) is 10.00 Å². The van der Waals surface area contributed by atoms with E-state index < -0.39 is 23.0 Å². The third-order valence-electron chi connectivity index (χ3n) is 3.13. The molecule has 0 saturated carbocycles. The van der Waals surface area contributed by atoms with E-state index >= 15 is 0 Å². The standard InChI is InChI=1S/C17H13NO5/c1-23-16-6-10(9-18)2-3-11(16)4-5-13(19)12-7-14(20)17(22)15(21)8-12/h2-8,20-22H,1H3/b5-4+. The molecule has 0 spiro atoms. The van der Waals surface area contributed by atoms with Crippen molar-refractivity contribution in [2.24, 2.45) is 0 Å². The van der Waals surface area contributed by atoms with Gasteiger partial charge in [0.25, 0.3) is 0 Å². The highest BCUT2D eigenvalue weighted by Crippen LogP contribution is 2.35. The molecule has 0 aliphatic heterocycles. The highest BCUT2D eigenvalue weighted by atomic mass is 16.5. The molecule has 116 valence electrons. The molecule has 0 aliphatic carbocycles. The van der Waals surface area contributed by atoms with Gasteiger partial charge < -0.3 is 20.1 Å². The van der Waals surface area contributed by atoms with Crippen LogP contribution >= 0.6 is 0 Å². The van der Waals surface area contributed by atoms with Gasteiger partial charge in [-0.15, -0.1) is 0 Å². The lowest BCUT2D eigenvalue weighted by molar-refractivity contribution is 0.104. The minimum Gasteiger partial charge on any atom is -0.504 e. The van der Waals surface area contributed by atoms with Crippen LogP contribution in [0.25, 0.3) is 6.08 Å². The average molecular weight is 311 g/mol. The molecule has 0 heterocycles. The van der Waals surface area contributed by atoms with Crippen molar-refractivity contribution in [1.82, 2.24) is 0 Å². The Labute approximate surface area is 132 Å². The maximum absolute atomic E-state index is 12.1. The summed E-state index contributed by atoms with van der Waals surface area (Å²) in [7, 11) is 1.45. The number of rotatable bonds is 4. The monoisotopic (exact) mass is 311 g/mol. The largest absolute Gasteiger partial charge is 0.504 e. The van der Waals surface area contributed by atoms with Gasteiger partial charge in [-0.1, -0.05) is 0 Å². The van der Waals surface area contributed by atoms with Crippen molar-refractivity contribution in [1.29, 1.82) is 5.26 Å². The average Bonchev–Trinajstić information content (AvgIpc) is 2.56. The minimum absolute atomic E-state index is 0.0154. The quantitative estimate of drug-likeness (QED) is 0.454. The van der Waals surface area contributed by atoms with Gasteiger partial charge in [-0.25, -0.2) is 0 Å². The van der Waals surface area contributed by atoms with Crippen LogP contribution in [0.1, 0.15) is 21.5 Å². The van der Waals surface area contributed by atoms with Crippen LogP contribution in [0.3, 0.4) is 0 Å². The zero-order chi connectivity index (χ0) is 17.0. The van der Waals surface area contributed by atoms with Crippen LogP contribution in [-0.4, -0.2) is 28.2 Å². The van der Waals surface area contributed by atoms with Crippen molar-refractivity contribution < 1.29 is 24.9 Å². The van der Waals surface area contributed by atoms with Crippen molar-refractivity contribution in [3.63, 3.8) is 0 Å². The number of phenolic OH excluding ortho intramolecular Hbond substituents is 3. The molecule has 0 fully saturated rings. The van der Waals surface area contributed by atoms with Gasteiger partial charge in [-0.2, -0.15) is 5.26 Å². The Balaban J connectivity index is 2.30. The Morgan fingerprint density at radius 1 is 1.17 bits per heavy atom. The number of nitrogens with zero attached hydrogens (tertiary/aromatic N) is 1. The van der Waals surface area contributed by atoms with E-state index in [1.807, 2.05) is 6.07 Å². The molecular formula is C17H13NO5. The second-order valence-electron chi connectivity index (χ2n) is 4.63. The maximum atomic E-state index is 12.1. The molecule has 0 aliphatic rings. The molecule has 2 aromatic carbocycles. The van der Waals surface area contributed by atoms with Crippen molar-refractivity contribution in [3.05, 3.63) is 53.1 Å². The first-order chi connectivity index (χ1) is 11.0. The molecule has 0 amide bonds. The van der Waals surface area contributed by atoms with Crippen molar-refractivity contribution in [2.45, 2.75) is 0 Å². The SMILES string of the molecule is COc1cc(C#N)ccc1/C=C/C(=O)c1cc(O)c(O)c(O)c1. The van der Waals surface area contributed by atoms with Crippen LogP contribution in [0.2, 0.25) is 0 Å². The molecule has 2 aromatic rings. The number of methoxy groups -OCH3 is 1. The fourth-order valence-corrected chi connectivity index (χ4v) is 1.93. The maximum Gasteiger partial charge on any atom is 0.200 e. The highest BCUT2D eigenvalue weighted by molar-refractivity contribution is 6.07. The van der Waals surface area contributed by atoms with Crippen LogP contribution < -0.4 is 4.74 Å². The molecule has 6 heteroatoms. The number of ether oxygens (including phenoxy) is 1. The third kappa shape index (κ3) is 3.41. The predicted octanol–water partition coefficient (Wildman–Crippen LogP) is 2.58. The van der Waals surface area contributed by atoms with Gasteiger partial charge in [0.15, 0.2) is 23.0 Å². The van der Waals surface area contributed by atoms with Crippen LogP contribution in [0.4, 0.5) is 0 Å². The number of aromatic hydroxyl groups is 3. The van der Waals surface area contributed by atoms with Crippen LogP contribution in [0.5, 0.6) is 23.0 Å². The number of allylic oxidation sites excluding steroid dienone is 1. The molecule has 0 atom stereocenters. The summed E-state index contributed by atoms with van der Waals surface area (Å²) < 4.78 is 5.15. The summed E-state index contributed by atoms with van der Waals surface area (Å²) in [5, 5.41) is 36.9. The number of carbonyl (C=O) groups is 1. The molecule has 23 heavy (non-hydrogen) atoms. The van der Waals surface area contributed by atoms with Crippen LogP contribution in [0.15, 0.2) is 36.4 Å². The lowest BCUT2D eigenvalue weighted by Gasteiger charge is -2.05. The lowest BCUT2D eigenvalue weighted by Crippen LogP contribution is -1.95. The number of phenols is 3. The van der Waals surface area contributed by atoms with Crippen LogP contribution in [-0.2, 0) is 0 Å². The smallest absolute Gasteiger partial charge is 0.200 e. The second kappa shape index (κ2) is 6.54. The lowest BCUT2D eigenvalue weighted by atomic mass is 10.1. The minimum atomic E-state index is -0.681. The molecule has 0 aromatic heterocycles. The molecule has 3 N–H and O–H groups in total. The fraction of sp³-hybridized carbons (Fsp3) is 0.0588. The first-order valence-electron chi connectivity index (χ1n) is 6.51. The van der Waals surface area contributed by atoms with Gasteiger partial charge in [0.1, 0.15) is 5.75 Å². The summed E-state index contributed by atoms with van der Waals surface area (Å²) in [5.74, 6) is -1.90. The Hall–Kier alpha value is -3.46. The topological polar surface area (TPSA) is 111 Å². The van der Waals surface area contributed by atoms with Gasteiger partial charge >= 0.3 is 0 Å². The van der Waals surface area contributed by atoms with E-state index in [0.717, 1.165) is 12.1 Å². The molecule has 0 saturated heterocycles. The Kier molecular flexibility index (Phi) is 4.52. The summed E-state index contributed by atoms with van der Waals surface area (Å²) in [5.41, 5.74) is 1.03. The molecule has 0 unspecified atom stereocenters. The fourth-order valence-electron chi connectivity index (χ4n) is 1.93. The van der Waals surface area contributed by atoms with Crippen molar-refractivity contribution >= 4 is 11.9 Å². The summed E-state index contributed by atoms with van der Waals surface area (Å²) >= 11 is 0. The number of hydrogen-bond donors (Lipinski definition) is 3. The number of nitriles is 1. The van der Waals surface area contributed by atoms with E-state index in [0.29, 0.717) is 16.9 Å². The van der Waals surface area contributed by atoms with E-state index in [1.54, 1.807) is 18.2 Å². The first-order valence-corrected chi connectivity index (χ1v) is 6.51. The number of carbonyl (C=O) groups excluding carboxylic acids is 1. The van der Waals surface area contributed by atoms with Gasteiger partial charge in [0, 0.05) is 11.1 Å². The highest BCUT2D eigenvalue weighted by Gasteiger charge is 2.12. The predicted molar refractivity (Wildman–Crippen MR) is 82.5 cm³/mol. The molecule has 6 nitrogen and oxygen atoms in total. The van der Waals surface area contributed by atoms with Gasteiger partial charge in [0.2, 0.25) is 0 Å². The Morgan fingerprint density at radius 2 is 1.83 bits per heavy atom. The van der Waals surface area contributed by atoms with E-state index in [1.165, 1.54) is 19.3 Å². The molecule has 0 radical (unpaired) electrons. The molecule has 0 bridgehead atoms.